The fourth-order valence-electron chi connectivity index (χ4n) is 7.29. The number of carbonyl (C=O) groups excluding carboxylic acids is 5. The van der Waals surface area contributed by atoms with Crippen LogP contribution in [0.15, 0.2) is 77.9 Å². The molecule has 0 aliphatic carbocycles. The minimum atomic E-state index is -1.34. The Kier molecular flexibility index (Phi) is 22.8. The van der Waals surface area contributed by atoms with Gasteiger partial charge in [-0.25, -0.2) is 4.98 Å². The zero-order chi connectivity index (χ0) is 43.6. The third-order valence-corrected chi connectivity index (χ3v) is 11.0. The molecule has 6 atom stereocenters. The van der Waals surface area contributed by atoms with Crippen molar-refractivity contribution in [2.45, 2.75) is 116 Å². The lowest BCUT2D eigenvalue weighted by Crippen LogP contribution is -2.56. The Morgan fingerprint density at radius 2 is 1.45 bits per heavy atom. The molecule has 0 saturated heterocycles. The molecule has 0 radical (unpaired) electrons. The van der Waals surface area contributed by atoms with Crippen LogP contribution in [-0.2, 0) is 43.2 Å². The number of halogens is 2. The molecule has 62 heavy (non-hydrogen) atoms. The Morgan fingerprint density at radius 3 is 2.10 bits per heavy atom. The molecular weight excluding hydrogens is 819 g/mol. The highest BCUT2D eigenvalue weighted by Crippen LogP contribution is 2.24. The van der Waals surface area contributed by atoms with Gasteiger partial charge in [0.05, 0.1) is 29.8 Å². The Bertz CT molecular complexity index is 1990. The number of nitrogens with two attached hydrogens (primary N) is 2. The number of primary amides is 1. The van der Waals surface area contributed by atoms with Crippen molar-refractivity contribution in [2.75, 3.05) is 6.54 Å². The van der Waals surface area contributed by atoms with Crippen LogP contribution >= 0.6 is 11.3 Å². The van der Waals surface area contributed by atoms with Crippen molar-refractivity contribution in [3.05, 3.63) is 94.7 Å². The Morgan fingerprint density at radius 1 is 0.758 bits per heavy atom. The lowest BCUT2D eigenvalue weighted by molar-refractivity contribution is -0.133. The van der Waals surface area contributed by atoms with Crippen molar-refractivity contribution in [3.63, 3.8) is 0 Å². The highest BCUT2D eigenvalue weighted by Gasteiger charge is 2.33. The highest BCUT2D eigenvalue weighted by molar-refractivity contribution is 7.07. The Hall–Kier alpha value is -5.39. The van der Waals surface area contributed by atoms with E-state index in [9.17, 15) is 29.1 Å². The number of amides is 5. The lowest BCUT2D eigenvalue weighted by Gasteiger charge is -2.29. The monoisotopic (exact) mass is 882 g/mol. The molecular formula is C45H64F2N8O6S. The SMILES string of the molecule is CC(C)C[C@H](NC(=O)C[C@H](O)[C@H](CC(C)C)NC(=O)C(Cc1cscn1)NC(=O)C(Cc1cccnc1)Cc1cccc2ccccc12)C(=O)N[C@@H](CCCCN)C(N)=O.F.F. The van der Waals surface area contributed by atoms with E-state index in [1.165, 1.54) is 11.3 Å². The molecule has 2 heterocycles. The van der Waals surface area contributed by atoms with Gasteiger partial charge in [0.25, 0.3) is 0 Å². The minimum Gasteiger partial charge on any atom is -0.390 e. The fraction of sp³-hybridized carbons (Fsp3) is 0.489. The number of nitrogens with one attached hydrogen (secondary N) is 4. The molecule has 2 aromatic heterocycles. The van der Waals surface area contributed by atoms with Crippen molar-refractivity contribution in [2.24, 2.45) is 29.2 Å². The summed E-state index contributed by atoms with van der Waals surface area (Å²) in [4.78, 5) is 76.2. The number of pyridine rings is 1. The van der Waals surface area contributed by atoms with Crippen molar-refractivity contribution < 1.29 is 38.5 Å². The van der Waals surface area contributed by atoms with Gasteiger partial charge in [-0.1, -0.05) is 76.2 Å². The number of hydrogen-bond donors (Lipinski definition) is 7. The second kappa shape index (κ2) is 26.8. The predicted octanol–water partition coefficient (Wildman–Crippen LogP) is 4.04. The van der Waals surface area contributed by atoms with E-state index in [2.05, 4.69) is 31.2 Å². The molecule has 2 unspecified atom stereocenters. The molecule has 0 fully saturated rings. The van der Waals surface area contributed by atoms with E-state index in [4.69, 9.17) is 11.5 Å². The number of thiazole rings is 1. The van der Waals surface area contributed by atoms with Crippen LogP contribution in [0.3, 0.4) is 0 Å². The largest absolute Gasteiger partial charge is 0.390 e. The maximum absolute atomic E-state index is 14.4. The summed E-state index contributed by atoms with van der Waals surface area (Å²) in [5.41, 5.74) is 15.3. The van der Waals surface area contributed by atoms with E-state index in [1.54, 1.807) is 17.9 Å². The molecule has 14 nitrogen and oxygen atoms in total. The molecule has 0 spiro atoms. The number of aliphatic hydroxyl groups is 1. The smallest absolute Gasteiger partial charge is 0.243 e. The van der Waals surface area contributed by atoms with Crippen LogP contribution in [0.5, 0.6) is 0 Å². The van der Waals surface area contributed by atoms with Gasteiger partial charge in [-0.15, -0.1) is 11.3 Å². The van der Waals surface area contributed by atoms with Gasteiger partial charge in [-0.3, -0.25) is 38.4 Å². The number of nitrogens with zero attached hydrogens (tertiary/aromatic N) is 2. The van der Waals surface area contributed by atoms with Gasteiger partial charge in [-0.2, -0.15) is 0 Å². The first-order valence-electron chi connectivity index (χ1n) is 20.8. The van der Waals surface area contributed by atoms with E-state index in [0.717, 1.165) is 21.9 Å². The summed E-state index contributed by atoms with van der Waals surface area (Å²) in [5, 5.41) is 26.8. The summed E-state index contributed by atoms with van der Waals surface area (Å²) in [7, 11) is 0. The van der Waals surface area contributed by atoms with Crippen LogP contribution in [0.4, 0.5) is 9.41 Å². The number of hydrogen-bond acceptors (Lipinski definition) is 10. The van der Waals surface area contributed by atoms with Gasteiger partial charge in [-0.05, 0) is 91.3 Å². The number of aromatic nitrogens is 2. The van der Waals surface area contributed by atoms with E-state index < -0.39 is 66.2 Å². The normalized spacial score (nSPS) is 14.0. The average molecular weight is 883 g/mol. The highest BCUT2D eigenvalue weighted by atomic mass is 32.1. The van der Waals surface area contributed by atoms with Crippen LogP contribution in [0, 0.1) is 17.8 Å². The summed E-state index contributed by atoms with van der Waals surface area (Å²) in [6.07, 6.45) is 4.70. The third-order valence-electron chi connectivity index (χ3n) is 10.3. The molecule has 9 N–H and O–H groups in total. The number of fused-ring (bicyclic) bond motifs is 1. The van der Waals surface area contributed by atoms with Crippen molar-refractivity contribution in [3.8, 4) is 0 Å². The minimum absolute atomic E-state index is 0. The van der Waals surface area contributed by atoms with Crippen LogP contribution in [0.1, 0.15) is 83.0 Å². The number of aliphatic hydroxyl groups excluding tert-OH is 1. The molecule has 0 aliphatic heterocycles. The van der Waals surface area contributed by atoms with Crippen molar-refractivity contribution in [1.82, 2.24) is 31.2 Å². The Balaban J connectivity index is 0.00000661. The van der Waals surface area contributed by atoms with Gasteiger partial charge >= 0.3 is 0 Å². The van der Waals surface area contributed by atoms with Crippen molar-refractivity contribution >= 4 is 51.6 Å². The molecule has 340 valence electrons. The second-order valence-electron chi connectivity index (χ2n) is 16.4. The topological polar surface area (TPSA) is 232 Å². The van der Waals surface area contributed by atoms with Crippen LogP contribution in [0.25, 0.3) is 10.8 Å². The maximum atomic E-state index is 14.4. The summed E-state index contributed by atoms with van der Waals surface area (Å²) < 4.78 is 0. The van der Waals surface area contributed by atoms with E-state index in [-0.39, 0.29) is 40.0 Å². The fourth-order valence-corrected chi connectivity index (χ4v) is 7.86. The van der Waals surface area contributed by atoms with Crippen LogP contribution in [-0.4, -0.2) is 81.4 Å². The first kappa shape index (κ1) is 52.7. The third kappa shape index (κ3) is 17.2. The van der Waals surface area contributed by atoms with E-state index in [1.807, 2.05) is 87.7 Å². The van der Waals surface area contributed by atoms with E-state index >= 15 is 0 Å². The van der Waals surface area contributed by atoms with Gasteiger partial charge in [0.2, 0.25) is 29.5 Å². The second-order valence-corrected chi connectivity index (χ2v) is 17.1. The first-order valence-corrected chi connectivity index (χ1v) is 21.8. The zero-order valence-electron chi connectivity index (χ0n) is 36.0. The summed E-state index contributed by atoms with van der Waals surface area (Å²) in [5.74, 6) is -3.26. The first-order chi connectivity index (χ1) is 28.7. The van der Waals surface area contributed by atoms with Gasteiger partial charge in [0.15, 0.2) is 0 Å². The standard InChI is InChI=1S/C45H62N8O6S.2FH/c1-28(2)19-37(40(54)24-41(55)50-38(20-29(3)4)44(58)51-36(42(47)56)16-7-8-17-46)52-45(59)39(23-34-26-60-27-49-34)53-43(57)33(21-30-11-10-18-48-25-30)22-32-14-9-13-31-12-5-6-15-35(31)32;;/h5-6,9-15,18,25-29,33,36-40,54H,7-8,16-17,19-24,46H2,1-4H3,(H2,47,56)(H,50,55)(H,51,58)(H,52,59)(H,53,57);2*1H/t33?,36-,37-,38-,39?,40-;;/m0../s1. The average Bonchev–Trinajstić information content (AvgIpc) is 3.72. The maximum Gasteiger partial charge on any atom is 0.243 e. The van der Waals surface area contributed by atoms with E-state index in [0.29, 0.717) is 50.8 Å². The molecule has 0 aliphatic rings. The molecule has 5 amide bonds. The van der Waals surface area contributed by atoms with Gasteiger partial charge < -0.3 is 37.8 Å². The van der Waals surface area contributed by atoms with Crippen LogP contribution in [0.2, 0.25) is 0 Å². The molecule has 4 rings (SSSR count). The van der Waals surface area contributed by atoms with Gasteiger partial charge in [0, 0.05) is 30.1 Å². The number of carbonyl (C=O) groups is 5. The quantitative estimate of drug-likeness (QED) is 0.0476. The summed E-state index contributed by atoms with van der Waals surface area (Å²) in [6.45, 7) is 8.10. The molecule has 4 aromatic rings. The summed E-state index contributed by atoms with van der Waals surface area (Å²) >= 11 is 1.37. The number of benzene rings is 2. The number of rotatable bonds is 25. The van der Waals surface area contributed by atoms with Crippen LogP contribution < -0.4 is 32.7 Å². The predicted molar refractivity (Wildman–Crippen MR) is 239 cm³/mol. The summed E-state index contributed by atoms with van der Waals surface area (Å²) in [6, 6.07) is 13.9. The molecule has 0 saturated carbocycles. The number of unbranched alkanes of at least 4 members (excludes halogenated alkanes) is 1. The lowest BCUT2D eigenvalue weighted by atomic mass is 9.89. The zero-order valence-corrected chi connectivity index (χ0v) is 36.8. The van der Waals surface area contributed by atoms with Crippen molar-refractivity contribution in [1.29, 1.82) is 0 Å². The molecule has 2 aromatic carbocycles. The van der Waals surface area contributed by atoms with Gasteiger partial charge in [0.1, 0.15) is 18.1 Å². The molecule has 0 bridgehead atoms. The molecule has 17 heteroatoms. The Labute approximate surface area is 366 Å².